The van der Waals surface area contributed by atoms with Gasteiger partial charge in [0.2, 0.25) is 5.95 Å². The van der Waals surface area contributed by atoms with Crippen LogP contribution in [0.25, 0.3) is 11.2 Å². The minimum Gasteiger partial charge on any atom is -0.487 e. The molecule has 0 saturated carbocycles. The summed E-state index contributed by atoms with van der Waals surface area (Å²) in [6.45, 7) is 7.55. The molecule has 0 radical (unpaired) electrons. The van der Waals surface area contributed by atoms with Crippen molar-refractivity contribution in [2.75, 3.05) is 18.5 Å². The fraction of sp³-hybridized carbons (Fsp3) is 0.500. The third-order valence-electron chi connectivity index (χ3n) is 6.04. The quantitative estimate of drug-likeness (QED) is 0.715. The summed E-state index contributed by atoms with van der Waals surface area (Å²) >= 11 is 0. The second kappa shape index (κ2) is 6.84. The number of rotatable bonds is 3. The van der Waals surface area contributed by atoms with E-state index in [1.807, 2.05) is 6.92 Å². The van der Waals surface area contributed by atoms with Gasteiger partial charge >= 0.3 is 5.69 Å². The molecule has 0 aliphatic carbocycles. The van der Waals surface area contributed by atoms with Crippen molar-refractivity contribution in [2.45, 2.75) is 51.7 Å². The highest BCUT2D eigenvalue weighted by molar-refractivity contribution is 5.73. The van der Waals surface area contributed by atoms with Crippen molar-refractivity contribution in [1.82, 2.24) is 19.1 Å². The average Bonchev–Trinajstić information content (AvgIpc) is 3.14. The molecule has 1 fully saturated rings. The molecule has 5 rings (SSSR count). The van der Waals surface area contributed by atoms with Gasteiger partial charge in [0.25, 0.3) is 0 Å². The molecule has 8 nitrogen and oxygen atoms in total. The number of nitrogens with zero attached hydrogens (tertiary/aromatic N) is 4. The van der Waals surface area contributed by atoms with Crippen LogP contribution in [0.5, 0.6) is 5.75 Å². The lowest BCUT2D eigenvalue weighted by molar-refractivity contribution is 0.0695. The molecule has 30 heavy (non-hydrogen) atoms. The van der Waals surface area contributed by atoms with Crippen LogP contribution in [0.1, 0.15) is 43.9 Å². The molecule has 1 N–H and O–H groups in total. The molecule has 0 amide bonds. The highest BCUT2D eigenvalue weighted by atomic mass is 16.5. The Morgan fingerprint density at radius 1 is 1.23 bits per heavy atom. The number of benzene rings is 1. The van der Waals surface area contributed by atoms with Crippen LogP contribution in [0, 0.1) is 6.92 Å². The van der Waals surface area contributed by atoms with Crippen molar-refractivity contribution in [1.29, 1.82) is 0 Å². The summed E-state index contributed by atoms with van der Waals surface area (Å²) in [5.74, 6) is 1.42. The zero-order chi connectivity index (χ0) is 21.0. The number of aromatic nitrogens is 4. The fourth-order valence-electron chi connectivity index (χ4n) is 4.48. The van der Waals surface area contributed by atoms with Crippen LogP contribution in [-0.4, -0.2) is 37.9 Å². The number of anilines is 2. The number of imidazole rings is 1. The van der Waals surface area contributed by atoms with Crippen LogP contribution in [0.2, 0.25) is 0 Å². The number of hydrogen-bond donors (Lipinski definition) is 1. The van der Waals surface area contributed by atoms with Gasteiger partial charge in [0.05, 0.1) is 6.20 Å². The first-order valence-corrected chi connectivity index (χ1v) is 10.4. The predicted octanol–water partition coefficient (Wildman–Crippen LogP) is 3.25. The molecule has 158 valence electrons. The first kappa shape index (κ1) is 19.1. The SMILES string of the molecule is Cc1cc2c(cc1Nc1ncc3c(n1)n(C1CCOCC1)c(=O)n3C)CC(C)(C)O2. The fourth-order valence-corrected chi connectivity index (χ4v) is 4.48. The van der Waals surface area contributed by atoms with Gasteiger partial charge in [-0.25, -0.2) is 9.78 Å². The van der Waals surface area contributed by atoms with Gasteiger partial charge in [-0.2, -0.15) is 4.98 Å². The number of nitrogens with one attached hydrogen (secondary N) is 1. The van der Waals surface area contributed by atoms with E-state index in [0.29, 0.717) is 24.8 Å². The van der Waals surface area contributed by atoms with E-state index in [2.05, 4.69) is 36.3 Å². The lowest BCUT2D eigenvalue weighted by Crippen LogP contribution is -2.30. The maximum Gasteiger partial charge on any atom is 0.330 e. The molecule has 2 aliphatic rings. The zero-order valence-electron chi connectivity index (χ0n) is 17.9. The van der Waals surface area contributed by atoms with E-state index in [1.165, 1.54) is 5.56 Å². The number of ether oxygens (including phenoxy) is 2. The first-order chi connectivity index (χ1) is 14.3. The van der Waals surface area contributed by atoms with Gasteiger partial charge in [-0.05, 0) is 51.3 Å². The van der Waals surface area contributed by atoms with Crippen molar-refractivity contribution in [3.8, 4) is 5.75 Å². The normalized spacial score (nSPS) is 18.4. The van der Waals surface area contributed by atoms with Crippen molar-refractivity contribution in [3.63, 3.8) is 0 Å². The van der Waals surface area contributed by atoms with E-state index in [9.17, 15) is 4.79 Å². The smallest absolute Gasteiger partial charge is 0.330 e. The Hall–Kier alpha value is -2.87. The Kier molecular flexibility index (Phi) is 4.36. The summed E-state index contributed by atoms with van der Waals surface area (Å²) in [5.41, 5.74) is 4.33. The Bertz CT molecular complexity index is 1190. The van der Waals surface area contributed by atoms with Gasteiger partial charge in [0, 0.05) is 44.0 Å². The average molecular weight is 409 g/mol. The van der Waals surface area contributed by atoms with Crippen molar-refractivity contribution < 1.29 is 9.47 Å². The predicted molar refractivity (Wildman–Crippen MR) is 115 cm³/mol. The highest BCUT2D eigenvalue weighted by Crippen LogP contribution is 2.38. The summed E-state index contributed by atoms with van der Waals surface area (Å²) in [6, 6.07) is 4.27. The summed E-state index contributed by atoms with van der Waals surface area (Å²) in [5, 5.41) is 3.35. The van der Waals surface area contributed by atoms with Crippen LogP contribution in [0.4, 0.5) is 11.6 Å². The molecule has 0 bridgehead atoms. The van der Waals surface area contributed by atoms with E-state index >= 15 is 0 Å². The summed E-state index contributed by atoms with van der Waals surface area (Å²) in [4.78, 5) is 22.1. The largest absolute Gasteiger partial charge is 0.487 e. The van der Waals surface area contributed by atoms with Crippen LogP contribution in [0.15, 0.2) is 23.1 Å². The van der Waals surface area contributed by atoms with Gasteiger partial charge in [-0.15, -0.1) is 0 Å². The third kappa shape index (κ3) is 3.15. The van der Waals surface area contributed by atoms with Crippen molar-refractivity contribution >= 4 is 22.8 Å². The maximum absolute atomic E-state index is 12.9. The summed E-state index contributed by atoms with van der Waals surface area (Å²) in [7, 11) is 1.77. The van der Waals surface area contributed by atoms with E-state index < -0.39 is 0 Å². The monoisotopic (exact) mass is 409 g/mol. The first-order valence-electron chi connectivity index (χ1n) is 10.4. The van der Waals surface area contributed by atoms with Gasteiger partial charge in [-0.1, -0.05) is 0 Å². The van der Waals surface area contributed by atoms with Crippen LogP contribution in [-0.2, 0) is 18.2 Å². The lowest BCUT2D eigenvalue weighted by Gasteiger charge is -2.22. The summed E-state index contributed by atoms with van der Waals surface area (Å²) < 4.78 is 14.9. The van der Waals surface area contributed by atoms with Crippen molar-refractivity contribution in [2.24, 2.45) is 7.05 Å². The lowest BCUT2D eigenvalue weighted by atomic mass is 10.00. The number of fused-ring (bicyclic) bond motifs is 2. The minimum absolute atomic E-state index is 0.0589. The van der Waals surface area contributed by atoms with E-state index in [-0.39, 0.29) is 17.3 Å². The molecule has 1 saturated heterocycles. The van der Waals surface area contributed by atoms with Crippen LogP contribution in [0.3, 0.4) is 0 Å². The highest BCUT2D eigenvalue weighted by Gasteiger charge is 2.30. The molecule has 0 unspecified atom stereocenters. The van der Waals surface area contributed by atoms with Crippen molar-refractivity contribution in [3.05, 3.63) is 39.9 Å². The number of hydrogen-bond acceptors (Lipinski definition) is 6. The van der Waals surface area contributed by atoms with Gasteiger partial charge in [-0.3, -0.25) is 9.13 Å². The maximum atomic E-state index is 12.9. The van der Waals surface area contributed by atoms with E-state index in [0.717, 1.165) is 41.8 Å². The zero-order valence-corrected chi connectivity index (χ0v) is 17.9. The Morgan fingerprint density at radius 2 is 2.00 bits per heavy atom. The second-order valence-electron chi connectivity index (χ2n) is 8.90. The Labute approximate surface area is 174 Å². The molecule has 8 heteroatoms. The second-order valence-corrected chi connectivity index (χ2v) is 8.90. The Morgan fingerprint density at radius 3 is 2.77 bits per heavy atom. The third-order valence-corrected chi connectivity index (χ3v) is 6.04. The van der Waals surface area contributed by atoms with E-state index in [1.54, 1.807) is 22.4 Å². The minimum atomic E-state index is -0.188. The topological polar surface area (TPSA) is 83.2 Å². The van der Waals surface area contributed by atoms with Gasteiger partial charge < -0.3 is 14.8 Å². The van der Waals surface area contributed by atoms with Crippen LogP contribution >= 0.6 is 0 Å². The van der Waals surface area contributed by atoms with Crippen LogP contribution < -0.4 is 15.7 Å². The molecule has 4 heterocycles. The van der Waals surface area contributed by atoms with Gasteiger partial charge in [0.1, 0.15) is 16.9 Å². The van der Waals surface area contributed by atoms with Gasteiger partial charge in [0.15, 0.2) is 5.65 Å². The molecule has 2 aromatic heterocycles. The molecular formula is C22H27N5O3. The number of aryl methyl sites for hydroxylation is 2. The molecule has 2 aliphatic heterocycles. The molecule has 1 aromatic carbocycles. The summed E-state index contributed by atoms with van der Waals surface area (Å²) in [6.07, 6.45) is 4.20. The van der Waals surface area contributed by atoms with E-state index in [4.69, 9.17) is 14.5 Å². The molecule has 3 aromatic rings. The Balaban J connectivity index is 1.53. The molecule has 0 spiro atoms. The standard InChI is InChI=1S/C22H27N5O3/c1-13-9-18-14(11-22(2,3)30-18)10-16(13)24-20-23-12-17-19(25-20)27(21(28)26(17)4)15-5-7-29-8-6-15/h9-10,12,15H,5-8,11H2,1-4H3,(H,23,24,25). The molecule has 0 atom stereocenters. The molecular weight excluding hydrogens is 382 g/mol.